The smallest absolute Gasteiger partial charge is 0.338 e. The number of aryl methyl sites for hydroxylation is 2. The summed E-state index contributed by atoms with van der Waals surface area (Å²) in [5.41, 5.74) is 0.982. The van der Waals surface area contributed by atoms with E-state index in [2.05, 4.69) is 10.4 Å². The predicted octanol–water partition coefficient (Wildman–Crippen LogP) is 2.88. The van der Waals surface area contributed by atoms with Crippen LogP contribution in [0.5, 0.6) is 0 Å². The van der Waals surface area contributed by atoms with Crippen molar-refractivity contribution in [2.24, 2.45) is 7.05 Å². The molecule has 2 rings (SSSR count). The van der Waals surface area contributed by atoms with Crippen molar-refractivity contribution in [1.29, 1.82) is 0 Å². The lowest BCUT2D eigenvalue weighted by Crippen LogP contribution is -2.11. The van der Waals surface area contributed by atoms with Gasteiger partial charge in [-0.25, -0.2) is 13.6 Å². The molecule has 112 valence electrons. The first kappa shape index (κ1) is 15.0. The van der Waals surface area contributed by atoms with E-state index in [1.807, 2.05) is 6.92 Å². The quantitative estimate of drug-likeness (QED) is 0.910. The minimum atomic E-state index is -1.44. The summed E-state index contributed by atoms with van der Waals surface area (Å²) in [6.45, 7) is 3.60. The van der Waals surface area contributed by atoms with Crippen LogP contribution in [0.2, 0.25) is 0 Å². The number of carbonyl (C=O) groups is 1. The molecule has 5 nitrogen and oxygen atoms in total. The van der Waals surface area contributed by atoms with Crippen LogP contribution >= 0.6 is 0 Å². The van der Waals surface area contributed by atoms with Gasteiger partial charge >= 0.3 is 5.97 Å². The number of halogens is 2. The van der Waals surface area contributed by atoms with Gasteiger partial charge in [-0.15, -0.1) is 0 Å². The van der Waals surface area contributed by atoms with Gasteiger partial charge in [-0.2, -0.15) is 5.10 Å². The van der Waals surface area contributed by atoms with Crippen LogP contribution in [0.1, 0.15) is 34.6 Å². The van der Waals surface area contributed by atoms with Gasteiger partial charge in [0, 0.05) is 24.9 Å². The number of hydrogen-bond donors (Lipinski definition) is 2. The first-order chi connectivity index (χ1) is 9.79. The summed E-state index contributed by atoms with van der Waals surface area (Å²) in [7, 11) is 1.77. The first-order valence-corrected chi connectivity index (χ1v) is 6.28. The predicted molar refractivity (Wildman–Crippen MR) is 73.3 cm³/mol. The van der Waals surface area contributed by atoms with Crippen molar-refractivity contribution in [2.45, 2.75) is 19.9 Å². The fraction of sp³-hybridized carbons (Fsp3) is 0.286. The van der Waals surface area contributed by atoms with Crippen LogP contribution in [0.15, 0.2) is 18.3 Å². The number of hydrogen-bond acceptors (Lipinski definition) is 3. The average Bonchev–Trinajstić information content (AvgIpc) is 2.71. The maximum atomic E-state index is 13.8. The Balaban J connectivity index is 2.33. The molecule has 2 N–H and O–H groups in total. The largest absolute Gasteiger partial charge is 0.478 e. The summed E-state index contributed by atoms with van der Waals surface area (Å²) in [5, 5.41) is 15.9. The number of nitrogens with zero attached hydrogens (tertiary/aromatic N) is 2. The second kappa shape index (κ2) is 5.51. The molecule has 0 saturated heterocycles. The highest BCUT2D eigenvalue weighted by molar-refractivity contribution is 5.89. The molecule has 21 heavy (non-hydrogen) atoms. The molecule has 1 atom stereocenters. The summed E-state index contributed by atoms with van der Waals surface area (Å²) < 4.78 is 28.7. The van der Waals surface area contributed by atoms with Gasteiger partial charge in [-0.1, -0.05) is 0 Å². The van der Waals surface area contributed by atoms with E-state index in [-0.39, 0.29) is 11.7 Å². The number of anilines is 1. The summed E-state index contributed by atoms with van der Waals surface area (Å²) >= 11 is 0. The molecule has 1 unspecified atom stereocenters. The van der Waals surface area contributed by atoms with Crippen LogP contribution in [0.3, 0.4) is 0 Å². The van der Waals surface area contributed by atoms with Crippen LogP contribution < -0.4 is 5.32 Å². The van der Waals surface area contributed by atoms with E-state index in [0.29, 0.717) is 6.07 Å². The lowest BCUT2D eigenvalue weighted by molar-refractivity contribution is 0.0692. The number of rotatable bonds is 4. The molecule has 0 aliphatic rings. The van der Waals surface area contributed by atoms with E-state index in [4.69, 9.17) is 5.11 Å². The second-order valence-corrected chi connectivity index (χ2v) is 4.83. The molecule has 0 radical (unpaired) electrons. The maximum Gasteiger partial charge on any atom is 0.338 e. The maximum absolute atomic E-state index is 13.8. The van der Waals surface area contributed by atoms with Gasteiger partial charge in [-0.05, 0) is 19.9 Å². The summed E-state index contributed by atoms with van der Waals surface area (Å²) in [6, 6.07) is 1.21. The average molecular weight is 295 g/mol. The molecule has 0 saturated carbocycles. The van der Waals surface area contributed by atoms with Crippen LogP contribution in [-0.4, -0.2) is 20.9 Å². The Hall–Kier alpha value is -2.44. The molecular weight excluding hydrogens is 280 g/mol. The summed E-state index contributed by atoms with van der Waals surface area (Å²) in [4.78, 5) is 10.9. The normalized spacial score (nSPS) is 12.2. The fourth-order valence-electron chi connectivity index (χ4n) is 2.18. The van der Waals surface area contributed by atoms with E-state index < -0.39 is 23.2 Å². The Morgan fingerprint density at radius 1 is 1.38 bits per heavy atom. The summed E-state index contributed by atoms with van der Waals surface area (Å²) in [6.07, 6.45) is 1.78. The number of aromatic carboxylic acids is 1. The molecule has 0 aliphatic heterocycles. The van der Waals surface area contributed by atoms with Gasteiger partial charge in [0.1, 0.15) is 11.6 Å². The molecule has 2 aromatic rings. The number of carboxylic acids is 1. The third-order valence-electron chi connectivity index (χ3n) is 3.18. The van der Waals surface area contributed by atoms with E-state index in [0.717, 1.165) is 17.3 Å². The van der Waals surface area contributed by atoms with Crippen LogP contribution in [0, 0.1) is 18.6 Å². The van der Waals surface area contributed by atoms with E-state index >= 15 is 0 Å². The Kier molecular flexibility index (Phi) is 3.93. The Morgan fingerprint density at radius 2 is 2.05 bits per heavy atom. The molecule has 7 heteroatoms. The van der Waals surface area contributed by atoms with Crippen LogP contribution in [0.25, 0.3) is 0 Å². The number of aromatic nitrogens is 2. The van der Waals surface area contributed by atoms with Crippen molar-refractivity contribution in [3.63, 3.8) is 0 Å². The van der Waals surface area contributed by atoms with Gasteiger partial charge in [-0.3, -0.25) is 4.68 Å². The zero-order chi connectivity index (χ0) is 15.7. The number of nitrogens with one attached hydrogen (secondary N) is 1. The Bertz CT molecular complexity index is 698. The van der Waals surface area contributed by atoms with Gasteiger partial charge in [0.2, 0.25) is 0 Å². The van der Waals surface area contributed by atoms with Gasteiger partial charge in [0.05, 0.1) is 23.0 Å². The summed E-state index contributed by atoms with van der Waals surface area (Å²) in [5.74, 6) is -3.39. The Labute approximate surface area is 120 Å². The standard InChI is InChI=1S/C14H15F2N3O2/c1-7(10-6-19(3)18-8(10)2)17-13-4-9(14(20)21)11(15)5-12(13)16/h4-7,17H,1-3H3,(H,20,21). The third kappa shape index (κ3) is 3.01. The molecule has 0 fully saturated rings. The highest BCUT2D eigenvalue weighted by Crippen LogP contribution is 2.25. The highest BCUT2D eigenvalue weighted by Gasteiger charge is 2.18. The number of carboxylic acid groups (broad SMARTS) is 1. The molecule has 1 aromatic heterocycles. The lowest BCUT2D eigenvalue weighted by atomic mass is 10.1. The monoisotopic (exact) mass is 295 g/mol. The molecular formula is C14H15F2N3O2. The molecule has 0 aliphatic carbocycles. The molecule has 0 amide bonds. The topological polar surface area (TPSA) is 67.2 Å². The molecule has 1 aromatic carbocycles. The van der Waals surface area contributed by atoms with E-state index in [1.165, 1.54) is 0 Å². The lowest BCUT2D eigenvalue weighted by Gasteiger charge is -2.16. The third-order valence-corrected chi connectivity index (χ3v) is 3.18. The Morgan fingerprint density at radius 3 is 2.57 bits per heavy atom. The zero-order valence-corrected chi connectivity index (χ0v) is 11.8. The number of benzene rings is 1. The zero-order valence-electron chi connectivity index (χ0n) is 11.8. The molecule has 0 bridgehead atoms. The van der Waals surface area contributed by atoms with Crippen molar-refractivity contribution in [2.75, 3.05) is 5.32 Å². The van der Waals surface area contributed by atoms with E-state index in [1.54, 1.807) is 24.9 Å². The fourth-order valence-corrected chi connectivity index (χ4v) is 2.18. The molecule has 0 spiro atoms. The van der Waals surface area contributed by atoms with Crippen molar-refractivity contribution < 1.29 is 18.7 Å². The van der Waals surface area contributed by atoms with Crippen molar-refractivity contribution in [3.05, 3.63) is 46.8 Å². The van der Waals surface area contributed by atoms with Crippen molar-refractivity contribution in [1.82, 2.24) is 9.78 Å². The van der Waals surface area contributed by atoms with Gasteiger partial charge in [0.15, 0.2) is 0 Å². The van der Waals surface area contributed by atoms with Crippen molar-refractivity contribution in [3.8, 4) is 0 Å². The van der Waals surface area contributed by atoms with Crippen molar-refractivity contribution >= 4 is 11.7 Å². The van der Waals surface area contributed by atoms with E-state index in [9.17, 15) is 13.6 Å². The minimum absolute atomic E-state index is 0.0652. The first-order valence-electron chi connectivity index (χ1n) is 6.28. The van der Waals surface area contributed by atoms with Crippen LogP contribution in [0.4, 0.5) is 14.5 Å². The van der Waals surface area contributed by atoms with Gasteiger partial charge in [0.25, 0.3) is 0 Å². The van der Waals surface area contributed by atoms with Crippen LogP contribution in [-0.2, 0) is 7.05 Å². The van der Waals surface area contributed by atoms with Gasteiger partial charge < -0.3 is 10.4 Å². The second-order valence-electron chi connectivity index (χ2n) is 4.83. The molecule has 1 heterocycles. The highest BCUT2D eigenvalue weighted by atomic mass is 19.1. The SMILES string of the molecule is Cc1nn(C)cc1C(C)Nc1cc(C(=O)O)c(F)cc1F. The minimum Gasteiger partial charge on any atom is -0.478 e.